The average molecular weight is 308 g/mol. The van der Waals surface area contributed by atoms with Gasteiger partial charge in [-0.3, -0.25) is 0 Å². The van der Waals surface area contributed by atoms with Gasteiger partial charge >= 0.3 is 0 Å². The Balaban J connectivity index is 2.07. The van der Waals surface area contributed by atoms with Crippen molar-refractivity contribution in [2.75, 3.05) is 0 Å². The smallest absolute Gasteiger partial charge is 0.129 e. The van der Waals surface area contributed by atoms with Crippen LogP contribution >= 0.6 is 0 Å². The highest BCUT2D eigenvalue weighted by Gasteiger charge is 2.24. The molecule has 0 heterocycles. The van der Waals surface area contributed by atoms with Crippen molar-refractivity contribution in [1.29, 1.82) is 0 Å². The summed E-state index contributed by atoms with van der Waals surface area (Å²) in [5.41, 5.74) is 1.15. The van der Waals surface area contributed by atoms with E-state index in [4.69, 9.17) is 0 Å². The third-order valence-electron chi connectivity index (χ3n) is 5.43. The SMILES string of the molecule is CCC[C@H]1CC[C@H](c2cc(F)c(CC(C)CC)c(F)c2)CC1. The number of hydrogen-bond acceptors (Lipinski definition) is 0. The van der Waals surface area contributed by atoms with Crippen LogP contribution in [-0.4, -0.2) is 0 Å². The minimum Gasteiger partial charge on any atom is -0.207 e. The Morgan fingerprint density at radius 1 is 1.05 bits per heavy atom. The van der Waals surface area contributed by atoms with Crippen LogP contribution in [0.3, 0.4) is 0 Å². The van der Waals surface area contributed by atoms with Crippen molar-refractivity contribution in [1.82, 2.24) is 0 Å². The number of hydrogen-bond donors (Lipinski definition) is 0. The largest absolute Gasteiger partial charge is 0.207 e. The lowest BCUT2D eigenvalue weighted by Crippen LogP contribution is -2.14. The molecule has 22 heavy (non-hydrogen) atoms. The van der Waals surface area contributed by atoms with Gasteiger partial charge in [0.15, 0.2) is 0 Å². The van der Waals surface area contributed by atoms with Crippen LogP contribution in [0.4, 0.5) is 8.78 Å². The van der Waals surface area contributed by atoms with Gasteiger partial charge in [0.25, 0.3) is 0 Å². The lowest BCUT2D eigenvalue weighted by atomic mass is 9.77. The summed E-state index contributed by atoms with van der Waals surface area (Å²) in [5.74, 6) is 0.798. The summed E-state index contributed by atoms with van der Waals surface area (Å²) >= 11 is 0. The van der Waals surface area contributed by atoms with Crippen LogP contribution in [0.15, 0.2) is 12.1 Å². The van der Waals surface area contributed by atoms with Crippen LogP contribution < -0.4 is 0 Å². The Morgan fingerprint density at radius 3 is 2.14 bits per heavy atom. The number of benzene rings is 1. The average Bonchev–Trinajstić information content (AvgIpc) is 2.51. The molecule has 0 nitrogen and oxygen atoms in total. The van der Waals surface area contributed by atoms with Gasteiger partial charge in [0, 0.05) is 5.56 Å². The topological polar surface area (TPSA) is 0 Å². The van der Waals surface area contributed by atoms with E-state index in [2.05, 4.69) is 13.8 Å². The molecule has 1 fully saturated rings. The zero-order valence-corrected chi connectivity index (χ0v) is 14.3. The van der Waals surface area contributed by atoms with E-state index in [1.165, 1.54) is 25.7 Å². The normalized spacial score (nSPS) is 23.5. The van der Waals surface area contributed by atoms with Crippen LogP contribution in [0.25, 0.3) is 0 Å². The van der Waals surface area contributed by atoms with E-state index >= 15 is 0 Å². The van der Waals surface area contributed by atoms with Gasteiger partial charge in [-0.05, 0) is 67.6 Å². The van der Waals surface area contributed by atoms with E-state index in [9.17, 15) is 8.78 Å². The highest BCUT2D eigenvalue weighted by molar-refractivity contribution is 5.29. The zero-order chi connectivity index (χ0) is 16.1. The Bertz CT molecular complexity index is 450. The monoisotopic (exact) mass is 308 g/mol. The van der Waals surface area contributed by atoms with Crippen molar-refractivity contribution in [2.24, 2.45) is 11.8 Å². The maximum atomic E-state index is 14.3. The van der Waals surface area contributed by atoms with Gasteiger partial charge in [-0.1, -0.05) is 40.0 Å². The Morgan fingerprint density at radius 2 is 1.64 bits per heavy atom. The van der Waals surface area contributed by atoms with Crippen LogP contribution in [0.2, 0.25) is 0 Å². The number of halogens is 2. The molecule has 0 aromatic heterocycles. The van der Waals surface area contributed by atoms with Crippen molar-refractivity contribution in [3.8, 4) is 0 Å². The molecule has 2 rings (SSSR count). The first-order chi connectivity index (χ1) is 10.5. The first kappa shape index (κ1) is 17.4. The van der Waals surface area contributed by atoms with Crippen molar-refractivity contribution < 1.29 is 8.78 Å². The fraction of sp³-hybridized carbons (Fsp3) is 0.700. The molecule has 1 aromatic rings. The van der Waals surface area contributed by atoms with E-state index in [1.54, 1.807) is 12.1 Å². The lowest BCUT2D eigenvalue weighted by Gasteiger charge is -2.29. The molecular formula is C20H30F2. The van der Waals surface area contributed by atoms with Gasteiger partial charge in [0.1, 0.15) is 11.6 Å². The van der Waals surface area contributed by atoms with Crippen molar-refractivity contribution in [3.05, 3.63) is 34.9 Å². The second-order valence-corrected chi connectivity index (χ2v) is 7.19. The van der Waals surface area contributed by atoms with Gasteiger partial charge in [-0.15, -0.1) is 0 Å². The van der Waals surface area contributed by atoms with E-state index in [1.807, 2.05) is 6.92 Å². The standard InChI is InChI=1S/C20H30F2/c1-4-6-15-7-9-16(10-8-15)17-12-19(21)18(20(22)13-17)11-14(3)5-2/h12-16H,4-11H2,1-3H3/t14?,15-,16-. The summed E-state index contributed by atoms with van der Waals surface area (Å²) in [5, 5.41) is 0. The van der Waals surface area contributed by atoms with Crippen molar-refractivity contribution >= 4 is 0 Å². The molecule has 124 valence electrons. The molecule has 1 aliphatic rings. The Kier molecular flexibility index (Phi) is 6.40. The molecule has 1 aromatic carbocycles. The third kappa shape index (κ3) is 4.30. The van der Waals surface area contributed by atoms with E-state index in [-0.39, 0.29) is 17.2 Å². The lowest BCUT2D eigenvalue weighted by molar-refractivity contribution is 0.307. The molecule has 0 amide bonds. The predicted octanol–water partition coefficient (Wildman–Crippen LogP) is 6.63. The molecule has 0 aliphatic heterocycles. The quantitative estimate of drug-likeness (QED) is 0.553. The van der Waals surface area contributed by atoms with Crippen LogP contribution in [0, 0.1) is 23.5 Å². The van der Waals surface area contributed by atoms with Crippen molar-refractivity contribution in [2.45, 2.75) is 78.1 Å². The second-order valence-electron chi connectivity index (χ2n) is 7.19. The van der Waals surface area contributed by atoms with E-state index < -0.39 is 0 Å². The molecular weight excluding hydrogens is 278 g/mol. The Hall–Kier alpha value is -0.920. The zero-order valence-electron chi connectivity index (χ0n) is 14.3. The molecule has 0 radical (unpaired) electrons. The summed E-state index contributed by atoms with van der Waals surface area (Å²) in [4.78, 5) is 0. The molecule has 1 aliphatic carbocycles. The predicted molar refractivity (Wildman–Crippen MR) is 89.1 cm³/mol. The van der Waals surface area contributed by atoms with Crippen molar-refractivity contribution in [3.63, 3.8) is 0 Å². The van der Waals surface area contributed by atoms with Gasteiger partial charge in [-0.2, -0.15) is 0 Å². The molecule has 0 saturated heterocycles. The third-order valence-corrected chi connectivity index (χ3v) is 5.43. The highest BCUT2D eigenvalue weighted by Crippen LogP contribution is 2.38. The molecule has 0 N–H and O–H groups in total. The highest BCUT2D eigenvalue weighted by atomic mass is 19.1. The summed E-state index contributed by atoms with van der Waals surface area (Å²) in [6.45, 7) is 6.33. The fourth-order valence-electron chi connectivity index (χ4n) is 3.74. The molecule has 0 spiro atoms. The summed E-state index contributed by atoms with van der Waals surface area (Å²) in [6, 6.07) is 3.21. The van der Waals surface area contributed by atoms with Gasteiger partial charge in [-0.25, -0.2) is 8.78 Å². The van der Waals surface area contributed by atoms with Gasteiger partial charge in [0.05, 0.1) is 0 Å². The maximum Gasteiger partial charge on any atom is 0.129 e. The minimum atomic E-state index is -0.342. The van der Waals surface area contributed by atoms with E-state index in [0.29, 0.717) is 18.3 Å². The molecule has 1 atom stereocenters. The van der Waals surface area contributed by atoms with E-state index in [0.717, 1.165) is 30.7 Å². The molecule has 0 bridgehead atoms. The molecule has 1 saturated carbocycles. The van der Waals surface area contributed by atoms with Crippen LogP contribution in [0.1, 0.15) is 82.8 Å². The fourth-order valence-corrected chi connectivity index (χ4v) is 3.74. The molecule has 2 heteroatoms. The minimum absolute atomic E-state index is 0.276. The second kappa shape index (κ2) is 8.08. The molecule has 1 unspecified atom stereocenters. The summed E-state index contributed by atoms with van der Waals surface area (Å²) in [6.07, 6.45) is 8.54. The van der Waals surface area contributed by atoms with Gasteiger partial charge in [0.2, 0.25) is 0 Å². The van der Waals surface area contributed by atoms with Gasteiger partial charge < -0.3 is 0 Å². The van der Waals surface area contributed by atoms with Crippen LogP contribution in [0.5, 0.6) is 0 Å². The summed E-state index contributed by atoms with van der Waals surface area (Å²) < 4.78 is 28.6. The number of rotatable bonds is 6. The maximum absolute atomic E-state index is 14.3. The first-order valence-corrected chi connectivity index (χ1v) is 9.02. The van der Waals surface area contributed by atoms with Crippen LogP contribution in [-0.2, 0) is 6.42 Å². The first-order valence-electron chi connectivity index (χ1n) is 9.02. The Labute approximate surface area is 134 Å². The summed E-state index contributed by atoms with van der Waals surface area (Å²) in [7, 11) is 0.